The zero-order chi connectivity index (χ0) is 20.3. The number of carbonyl (C=O) groups excluding carboxylic acids is 2. The molecule has 3 rings (SSSR count). The van der Waals surface area contributed by atoms with Gasteiger partial charge in [-0.25, -0.2) is 4.39 Å². The first kappa shape index (κ1) is 21.0. The highest BCUT2D eigenvalue weighted by atomic mass is 35.5. The van der Waals surface area contributed by atoms with E-state index in [2.05, 4.69) is 17.6 Å². The average molecular weight is 426 g/mol. The van der Waals surface area contributed by atoms with Gasteiger partial charge in [0.1, 0.15) is 5.82 Å². The maximum absolute atomic E-state index is 13.3. The predicted octanol–water partition coefficient (Wildman–Crippen LogP) is 4.11. The summed E-state index contributed by atoms with van der Waals surface area (Å²) in [5.74, 6) is -0.972. The third kappa shape index (κ3) is 4.63. The van der Waals surface area contributed by atoms with Crippen molar-refractivity contribution < 1.29 is 14.0 Å². The zero-order valence-electron chi connectivity index (χ0n) is 15.8. The van der Waals surface area contributed by atoms with Gasteiger partial charge in [-0.15, -0.1) is 0 Å². The highest BCUT2D eigenvalue weighted by Crippen LogP contribution is 2.34. The summed E-state index contributed by atoms with van der Waals surface area (Å²) in [7, 11) is 0. The van der Waals surface area contributed by atoms with Crippen molar-refractivity contribution in [3.63, 3.8) is 0 Å². The number of nitrogens with one attached hydrogen (secondary N) is 2. The average Bonchev–Trinajstić information content (AvgIpc) is 2.67. The summed E-state index contributed by atoms with van der Waals surface area (Å²) in [6.45, 7) is 2.77. The van der Waals surface area contributed by atoms with Crippen LogP contribution < -0.4 is 10.6 Å². The van der Waals surface area contributed by atoms with Gasteiger partial charge in [-0.1, -0.05) is 31.4 Å². The maximum Gasteiger partial charge on any atom is 0.233 e. The van der Waals surface area contributed by atoms with E-state index in [1.54, 1.807) is 4.90 Å². The van der Waals surface area contributed by atoms with Crippen LogP contribution in [0.5, 0.6) is 0 Å². The Balaban J connectivity index is 1.60. The normalized spacial score (nSPS) is 24.5. The molecule has 3 atom stereocenters. The number of halogens is 2. The van der Waals surface area contributed by atoms with E-state index in [4.69, 9.17) is 23.8 Å². The highest BCUT2D eigenvalue weighted by Gasteiger charge is 2.43. The first-order valence-electron chi connectivity index (χ1n) is 9.78. The summed E-state index contributed by atoms with van der Waals surface area (Å²) in [4.78, 5) is 27.2. The van der Waals surface area contributed by atoms with Crippen LogP contribution in [0.1, 0.15) is 45.4 Å². The smallest absolute Gasteiger partial charge is 0.233 e. The monoisotopic (exact) mass is 425 g/mol. The van der Waals surface area contributed by atoms with Crippen molar-refractivity contribution in [3.8, 4) is 0 Å². The standard InChI is InChI=1S/C20H25ClFN3O2S/c1-2-3-4-9-25-19(27)14-7-5-12(10-17(14)24-20(25)28)18(26)23-13-6-8-16(22)15(21)11-13/h6,8,11-12,14,17H,2-5,7,9-10H2,1H3,(H,23,26)(H,24,28). The van der Waals surface area contributed by atoms with Crippen molar-refractivity contribution in [3.05, 3.63) is 29.0 Å². The Morgan fingerprint density at radius 3 is 2.89 bits per heavy atom. The Morgan fingerprint density at radius 1 is 1.39 bits per heavy atom. The number of fused-ring (bicyclic) bond motifs is 1. The lowest BCUT2D eigenvalue weighted by atomic mass is 9.76. The van der Waals surface area contributed by atoms with Crippen molar-refractivity contribution >= 4 is 46.4 Å². The van der Waals surface area contributed by atoms with Crippen molar-refractivity contribution in [2.24, 2.45) is 11.8 Å². The minimum atomic E-state index is -0.526. The van der Waals surface area contributed by atoms with Crippen LogP contribution in [0.25, 0.3) is 0 Å². The molecular weight excluding hydrogens is 401 g/mol. The zero-order valence-corrected chi connectivity index (χ0v) is 17.4. The van der Waals surface area contributed by atoms with Gasteiger partial charge in [0.05, 0.1) is 10.9 Å². The van der Waals surface area contributed by atoms with E-state index in [9.17, 15) is 14.0 Å². The molecule has 152 valence electrons. The second-order valence-corrected chi connectivity index (χ2v) is 8.28. The van der Waals surface area contributed by atoms with Gasteiger partial charge in [0.2, 0.25) is 11.8 Å². The van der Waals surface area contributed by atoms with Gasteiger partial charge in [-0.05, 0) is 56.1 Å². The number of unbranched alkanes of at least 4 members (excludes halogenated alkanes) is 2. The van der Waals surface area contributed by atoms with Crippen LogP contribution >= 0.6 is 23.8 Å². The topological polar surface area (TPSA) is 61.4 Å². The molecule has 2 amide bonds. The Hall–Kier alpha value is -1.73. The van der Waals surface area contributed by atoms with E-state index in [0.29, 0.717) is 36.6 Å². The molecule has 2 N–H and O–H groups in total. The summed E-state index contributed by atoms with van der Waals surface area (Å²) in [6, 6.07) is 3.98. The van der Waals surface area contributed by atoms with Crippen molar-refractivity contribution in [1.29, 1.82) is 0 Å². The van der Waals surface area contributed by atoms with Gasteiger partial charge < -0.3 is 10.6 Å². The molecule has 3 unspecified atom stereocenters. The van der Waals surface area contributed by atoms with Crippen molar-refractivity contribution in [2.45, 2.75) is 51.5 Å². The third-order valence-corrected chi connectivity index (χ3v) is 6.16. The first-order chi connectivity index (χ1) is 13.4. The van der Waals surface area contributed by atoms with Gasteiger partial charge in [0.25, 0.3) is 0 Å². The molecule has 28 heavy (non-hydrogen) atoms. The fraction of sp³-hybridized carbons (Fsp3) is 0.550. The molecule has 1 aromatic rings. The number of thiocarbonyl (C=S) groups is 1. The molecule has 1 heterocycles. The van der Waals surface area contributed by atoms with Crippen molar-refractivity contribution in [2.75, 3.05) is 11.9 Å². The largest absolute Gasteiger partial charge is 0.359 e. The lowest BCUT2D eigenvalue weighted by Crippen LogP contribution is -2.61. The number of anilines is 1. The highest BCUT2D eigenvalue weighted by molar-refractivity contribution is 7.80. The molecule has 8 heteroatoms. The molecule has 1 aliphatic heterocycles. The van der Waals surface area contributed by atoms with Gasteiger partial charge in [-0.3, -0.25) is 14.5 Å². The number of amides is 2. The van der Waals surface area contributed by atoms with E-state index >= 15 is 0 Å². The fourth-order valence-corrected chi connectivity index (χ4v) is 4.46. The second kappa shape index (κ2) is 9.18. The van der Waals surface area contributed by atoms with E-state index in [1.807, 2.05) is 0 Å². The van der Waals surface area contributed by atoms with E-state index < -0.39 is 5.82 Å². The van der Waals surface area contributed by atoms with E-state index in [-0.39, 0.29) is 34.7 Å². The minimum absolute atomic E-state index is 0.0328. The quantitative estimate of drug-likeness (QED) is 0.532. The fourth-order valence-electron chi connectivity index (χ4n) is 3.95. The van der Waals surface area contributed by atoms with Crippen LogP contribution in [-0.4, -0.2) is 34.4 Å². The lowest BCUT2D eigenvalue weighted by molar-refractivity contribution is -0.137. The number of hydrogen-bond donors (Lipinski definition) is 2. The van der Waals surface area contributed by atoms with Crippen LogP contribution in [-0.2, 0) is 9.59 Å². The summed E-state index contributed by atoms with van der Waals surface area (Å²) >= 11 is 11.2. The molecule has 0 aromatic heterocycles. The Labute approximate surface area is 175 Å². The summed E-state index contributed by atoms with van der Waals surface area (Å²) in [6.07, 6.45) is 4.91. The molecule has 1 saturated carbocycles. The molecular formula is C20H25ClFN3O2S. The summed E-state index contributed by atoms with van der Waals surface area (Å²) in [5.41, 5.74) is 0.462. The first-order valence-corrected chi connectivity index (χ1v) is 10.6. The molecule has 0 bridgehead atoms. The van der Waals surface area contributed by atoms with Crippen LogP contribution in [0.4, 0.5) is 10.1 Å². The third-order valence-electron chi connectivity index (χ3n) is 5.53. The number of nitrogens with zero attached hydrogens (tertiary/aromatic N) is 1. The Bertz CT molecular complexity index is 776. The molecule has 1 aromatic carbocycles. The molecule has 5 nitrogen and oxygen atoms in total. The summed E-state index contributed by atoms with van der Waals surface area (Å²) in [5, 5.41) is 6.51. The number of benzene rings is 1. The van der Waals surface area contributed by atoms with Gasteiger partial charge >= 0.3 is 0 Å². The number of carbonyl (C=O) groups is 2. The molecule has 2 fully saturated rings. The molecule has 1 aliphatic carbocycles. The van der Waals surface area contributed by atoms with Crippen molar-refractivity contribution in [1.82, 2.24) is 10.2 Å². The number of hydrogen-bond acceptors (Lipinski definition) is 3. The molecule has 0 radical (unpaired) electrons. The summed E-state index contributed by atoms with van der Waals surface area (Å²) < 4.78 is 13.3. The SMILES string of the molecule is CCCCCN1C(=O)C2CCC(C(=O)Nc3ccc(F)c(Cl)c3)CC2NC1=S. The van der Waals surface area contributed by atoms with E-state index in [1.165, 1.54) is 18.2 Å². The Morgan fingerprint density at radius 2 is 2.18 bits per heavy atom. The number of rotatable bonds is 6. The van der Waals surface area contributed by atoms with E-state index in [0.717, 1.165) is 19.3 Å². The van der Waals surface area contributed by atoms with Gasteiger partial charge in [0.15, 0.2) is 5.11 Å². The minimum Gasteiger partial charge on any atom is -0.359 e. The molecule has 0 spiro atoms. The lowest BCUT2D eigenvalue weighted by Gasteiger charge is -2.43. The maximum atomic E-state index is 13.3. The second-order valence-electron chi connectivity index (χ2n) is 7.49. The van der Waals surface area contributed by atoms with Crippen LogP contribution in [0.2, 0.25) is 5.02 Å². The van der Waals surface area contributed by atoms with Gasteiger partial charge in [0, 0.05) is 24.2 Å². The Kier molecular flexibility index (Phi) is 6.88. The molecule has 2 aliphatic rings. The van der Waals surface area contributed by atoms with Crippen LogP contribution in [0.3, 0.4) is 0 Å². The van der Waals surface area contributed by atoms with Gasteiger partial charge in [-0.2, -0.15) is 0 Å². The molecule has 1 saturated heterocycles. The predicted molar refractivity (Wildman–Crippen MR) is 112 cm³/mol. The van der Waals surface area contributed by atoms with Crippen LogP contribution in [0, 0.1) is 17.7 Å². The van der Waals surface area contributed by atoms with Crippen LogP contribution in [0.15, 0.2) is 18.2 Å².